The number of rotatable bonds is 5. The van der Waals surface area contributed by atoms with E-state index >= 15 is 0 Å². The fraction of sp³-hybridized carbons (Fsp3) is 0.429. The summed E-state index contributed by atoms with van der Waals surface area (Å²) >= 11 is 0. The predicted octanol–water partition coefficient (Wildman–Crippen LogP) is 1.47. The second-order valence-corrected chi connectivity index (χ2v) is 5.25. The molecule has 1 aromatic carbocycles. The Labute approximate surface area is 113 Å². The van der Waals surface area contributed by atoms with Gasteiger partial charge in [-0.25, -0.2) is 0 Å². The van der Waals surface area contributed by atoms with Crippen molar-refractivity contribution in [2.24, 2.45) is 5.73 Å². The normalized spacial score (nSPS) is 11.1. The zero-order valence-corrected chi connectivity index (χ0v) is 11.5. The minimum absolute atomic E-state index is 0.0333. The molecule has 0 fully saturated rings. The van der Waals surface area contributed by atoms with Gasteiger partial charge in [0.1, 0.15) is 6.61 Å². The number of anilines is 1. The van der Waals surface area contributed by atoms with Gasteiger partial charge in [-0.05, 0) is 32.4 Å². The Morgan fingerprint density at radius 2 is 1.89 bits per heavy atom. The molecule has 5 nitrogen and oxygen atoms in total. The molecular formula is C14H20N2O3. The van der Waals surface area contributed by atoms with Gasteiger partial charge in [-0.15, -0.1) is 0 Å². The summed E-state index contributed by atoms with van der Waals surface area (Å²) in [5.74, 6) is -0.695. The van der Waals surface area contributed by atoms with Crippen molar-refractivity contribution in [2.75, 3.05) is 11.9 Å². The summed E-state index contributed by atoms with van der Waals surface area (Å²) in [6.45, 7) is 5.60. The maximum absolute atomic E-state index is 11.7. The van der Waals surface area contributed by atoms with Gasteiger partial charge in [-0.3, -0.25) is 9.59 Å². The third-order valence-electron chi connectivity index (χ3n) is 2.29. The van der Waals surface area contributed by atoms with Gasteiger partial charge in [0, 0.05) is 5.69 Å². The highest BCUT2D eigenvalue weighted by Gasteiger charge is 2.14. The van der Waals surface area contributed by atoms with Gasteiger partial charge < -0.3 is 15.8 Å². The number of hydrogen-bond acceptors (Lipinski definition) is 3. The topological polar surface area (TPSA) is 81.4 Å². The number of nitrogens with two attached hydrogens (primary N) is 1. The average molecular weight is 264 g/mol. The highest BCUT2D eigenvalue weighted by atomic mass is 16.5. The Bertz CT molecular complexity index is 464. The Kier molecular flexibility index (Phi) is 5.06. The molecule has 0 heterocycles. The monoisotopic (exact) mass is 264 g/mol. The van der Waals surface area contributed by atoms with E-state index in [-0.39, 0.29) is 24.5 Å². The minimum Gasteiger partial charge on any atom is -0.369 e. The molecule has 1 rings (SSSR count). The van der Waals surface area contributed by atoms with Crippen LogP contribution in [0.1, 0.15) is 26.3 Å². The van der Waals surface area contributed by atoms with Crippen molar-refractivity contribution in [3.8, 4) is 0 Å². The van der Waals surface area contributed by atoms with Gasteiger partial charge in [-0.1, -0.05) is 18.2 Å². The molecule has 0 aliphatic heterocycles. The molecular weight excluding hydrogens is 244 g/mol. The standard InChI is InChI=1S/C14H20N2O3/c1-14(2,3)19-9-13(18)16-11-7-5-4-6-10(11)8-12(15)17/h4-7H,8-9H2,1-3H3,(H2,15,17)(H,16,18). The second kappa shape index (κ2) is 6.33. The van der Waals surface area contributed by atoms with Crippen LogP contribution in [-0.2, 0) is 20.7 Å². The summed E-state index contributed by atoms with van der Waals surface area (Å²) in [6, 6.07) is 7.06. The summed E-state index contributed by atoms with van der Waals surface area (Å²) < 4.78 is 5.38. The quantitative estimate of drug-likeness (QED) is 0.845. The fourth-order valence-electron chi connectivity index (χ4n) is 1.45. The lowest BCUT2D eigenvalue weighted by molar-refractivity contribution is -0.125. The maximum Gasteiger partial charge on any atom is 0.250 e. The van der Waals surface area contributed by atoms with E-state index in [2.05, 4.69) is 5.32 Å². The highest BCUT2D eigenvalue weighted by molar-refractivity contribution is 5.93. The van der Waals surface area contributed by atoms with Crippen LogP contribution in [0.25, 0.3) is 0 Å². The number of carbonyl (C=O) groups excluding carboxylic acids is 2. The molecule has 1 aromatic rings. The van der Waals surface area contributed by atoms with Crippen LogP contribution < -0.4 is 11.1 Å². The van der Waals surface area contributed by atoms with Crippen LogP contribution in [0.2, 0.25) is 0 Å². The van der Waals surface area contributed by atoms with E-state index in [1.165, 1.54) is 0 Å². The SMILES string of the molecule is CC(C)(C)OCC(=O)Nc1ccccc1CC(N)=O. The van der Waals surface area contributed by atoms with E-state index < -0.39 is 5.91 Å². The van der Waals surface area contributed by atoms with Crippen LogP contribution in [0, 0.1) is 0 Å². The summed E-state index contributed by atoms with van der Waals surface area (Å²) in [4.78, 5) is 22.7. The molecule has 0 aliphatic carbocycles. The first-order valence-electron chi connectivity index (χ1n) is 6.08. The van der Waals surface area contributed by atoms with Crippen molar-refractivity contribution in [1.82, 2.24) is 0 Å². The van der Waals surface area contributed by atoms with Crippen LogP contribution in [0.4, 0.5) is 5.69 Å². The van der Waals surface area contributed by atoms with Crippen molar-refractivity contribution in [3.05, 3.63) is 29.8 Å². The summed E-state index contributed by atoms with van der Waals surface area (Å²) in [5.41, 5.74) is 6.07. The number of amides is 2. The number of benzene rings is 1. The van der Waals surface area contributed by atoms with Crippen LogP contribution in [0.3, 0.4) is 0 Å². The Morgan fingerprint density at radius 1 is 1.26 bits per heavy atom. The molecule has 5 heteroatoms. The molecule has 0 spiro atoms. The maximum atomic E-state index is 11.7. The molecule has 0 aromatic heterocycles. The van der Waals surface area contributed by atoms with Gasteiger partial charge in [0.15, 0.2) is 0 Å². The largest absolute Gasteiger partial charge is 0.369 e. The van der Waals surface area contributed by atoms with Gasteiger partial charge in [-0.2, -0.15) is 0 Å². The molecule has 0 radical (unpaired) electrons. The second-order valence-electron chi connectivity index (χ2n) is 5.25. The van der Waals surface area contributed by atoms with Crippen LogP contribution in [0.15, 0.2) is 24.3 Å². The molecule has 0 aliphatic rings. The summed E-state index contributed by atoms with van der Waals surface area (Å²) in [6.07, 6.45) is 0.0938. The van der Waals surface area contributed by atoms with Gasteiger partial charge in [0.25, 0.3) is 0 Å². The number of primary amides is 1. The third kappa shape index (κ3) is 6.01. The van der Waals surface area contributed by atoms with Crippen LogP contribution in [-0.4, -0.2) is 24.0 Å². The van der Waals surface area contributed by atoms with Gasteiger partial charge in [0.05, 0.1) is 12.0 Å². The molecule has 0 saturated carbocycles. The van der Waals surface area contributed by atoms with Crippen molar-refractivity contribution in [1.29, 1.82) is 0 Å². The molecule has 0 unspecified atom stereocenters. The summed E-state index contributed by atoms with van der Waals surface area (Å²) in [5, 5.41) is 2.72. The van der Waals surface area contributed by atoms with Gasteiger partial charge >= 0.3 is 0 Å². The van der Waals surface area contributed by atoms with Crippen LogP contribution in [0.5, 0.6) is 0 Å². The molecule has 0 saturated heterocycles. The third-order valence-corrected chi connectivity index (χ3v) is 2.29. The Hall–Kier alpha value is -1.88. The number of nitrogens with one attached hydrogen (secondary N) is 1. The highest BCUT2D eigenvalue weighted by Crippen LogP contribution is 2.15. The average Bonchev–Trinajstić information content (AvgIpc) is 2.27. The first-order valence-corrected chi connectivity index (χ1v) is 6.08. The molecule has 104 valence electrons. The van der Waals surface area contributed by atoms with Crippen molar-refractivity contribution in [3.63, 3.8) is 0 Å². The predicted molar refractivity (Wildman–Crippen MR) is 73.7 cm³/mol. The van der Waals surface area contributed by atoms with E-state index in [0.29, 0.717) is 11.3 Å². The van der Waals surface area contributed by atoms with E-state index in [1.807, 2.05) is 20.8 Å². The number of para-hydroxylation sites is 1. The zero-order valence-electron chi connectivity index (χ0n) is 11.5. The van der Waals surface area contributed by atoms with E-state index in [0.717, 1.165) is 0 Å². The molecule has 3 N–H and O–H groups in total. The minimum atomic E-state index is -0.437. The Morgan fingerprint density at radius 3 is 2.47 bits per heavy atom. The number of carbonyl (C=O) groups is 2. The first kappa shape index (κ1) is 15.2. The first-order chi connectivity index (χ1) is 8.78. The molecule has 0 bridgehead atoms. The van der Waals surface area contributed by atoms with Crippen molar-refractivity contribution in [2.45, 2.75) is 32.8 Å². The smallest absolute Gasteiger partial charge is 0.250 e. The van der Waals surface area contributed by atoms with Gasteiger partial charge in [0.2, 0.25) is 11.8 Å². The fourth-order valence-corrected chi connectivity index (χ4v) is 1.45. The summed E-state index contributed by atoms with van der Waals surface area (Å²) in [7, 11) is 0. The molecule has 0 atom stereocenters. The zero-order chi connectivity index (χ0) is 14.5. The number of hydrogen-bond donors (Lipinski definition) is 2. The van der Waals surface area contributed by atoms with E-state index in [4.69, 9.17) is 10.5 Å². The lowest BCUT2D eigenvalue weighted by Crippen LogP contribution is -2.27. The molecule has 19 heavy (non-hydrogen) atoms. The molecule has 2 amide bonds. The van der Waals surface area contributed by atoms with E-state index in [1.54, 1.807) is 24.3 Å². The van der Waals surface area contributed by atoms with Crippen molar-refractivity contribution < 1.29 is 14.3 Å². The lowest BCUT2D eigenvalue weighted by atomic mass is 10.1. The van der Waals surface area contributed by atoms with E-state index in [9.17, 15) is 9.59 Å². The Balaban J connectivity index is 2.66. The lowest BCUT2D eigenvalue weighted by Gasteiger charge is -2.19. The number of ether oxygens (including phenoxy) is 1. The van der Waals surface area contributed by atoms with Crippen LogP contribution >= 0.6 is 0 Å². The van der Waals surface area contributed by atoms with Crippen molar-refractivity contribution >= 4 is 17.5 Å².